The molecular formula is C14H9ClF2O3. The van der Waals surface area contributed by atoms with Crippen LogP contribution in [0.4, 0.5) is 8.78 Å². The maximum Gasteiger partial charge on any atom is 0.339 e. The first kappa shape index (κ1) is 14.3. The third kappa shape index (κ3) is 2.88. The number of ether oxygens (including phenoxy) is 1. The first-order chi connectivity index (χ1) is 9.50. The number of benzene rings is 2. The van der Waals surface area contributed by atoms with E-state index in [0.29, 0.717) is 0 Å². The van der Waals surface area contributed by atoms with Gasteiger partial charge in [-0.05, 0) is 18.2 Å². The third-order valence-electron chi connectivity index (χ3n) is 2.60. The van der Waals surface area contributed by atoms with Gasteiger partial charge in [0.25, 0.3) is 0 Å². The van der Waals surface area contributed by atoms with E-state index >= 15 is 0 Å². The van der Waals surface area contributed by atoms with Crippen LogP contribution < -0.4 is 4.74 Å². The zero-order chi connectivity index (χ0) is 14.7. The average molecular weight is 299 g/mol. The van der Waals surface area contributed by atoms with E-state index in [4.69, 9.17) is 21.4 Å². The molecule has 1 N–H and O–H groups in total. The highest BCUT2D eigenvalue weighted by atomic mass is 35.5. The summed E-state index contributed by atoms with van der Waals surface area (Å²) in [5, 5.41) is 8.86. The first-order valence-corrected chi connectivity index (χ1v) is 5.96. The fourth-order valence-corrected chi connectivity index (χ4v) is 1.83. The molecule has 0 radical (unpaired) electrons. The van der Waals surface area contributed by atoms with Crippen molar-refractivity contribution in [1.82, 2.24) is 0 Å². The van der Waals surface area contributed by atoms with Gasteiger partial charge in [-0.3, -0.25) is 0 Å². The molecular weight excluding hydrogens is 290 g/mol. The second-order valence-corrected chi connectivity index (χ2v) is 4.33. The van der Waals surface area contributed by atoms with Gasteiger partial charge in [0.05, 0.1) is 5.02 Å². The van der Waals surface area contributed by atoms with Crippen LogP contribution in [-0.2, 0) is 6.61 Å². The second kappa shape index (κ2) is 5.88. The normalized spacial score (nSPS) is 10.3. The lowest BCUT2D eigenvalue weighted by atomic mass is 10.2. The van der Waals surface area contributed by atoms with Gasteiger partial charge in [0.1, 0.15) is 18.0 Å². The van der Waals surface area contributed by atoms with Gasteiger partial charge < -0.3 is 9.84 Å². The highest BCUT2D eigenvalue weighted by Crippen LogP contribution is 2.25. The van der Waals surface area contributed by atoms with Crippen LogP contribution in [0.3, 0.4) is 0 Å². The summed E-state index contributed by atoms with van der Waals surface area (Å²) < 4.78 is 32.3. The highest BCUT2D eigenvalue weighted by Gasteiger charge is 2.16. The first-order valence-electron chi connectivity index (χ1n) is 5.58. The molecule has 0 atom stereocenters. The Balaban J connectivity index is 2.27. The molecule has 2 aromatic carbocycles. The number of halogens is 3. The summed E-state index contributed by atoms with van der Waals surface area (Å²) in [6, 6.07) is 7.83. The van der Waals surface area contributed by atoms with Gasteiger partial charge in [0.2, 0.25) is 0 Å². The summed E-state index contributed by atoms with van der Waals surface area (Å²) in [7, 11) is 0. The number of hydrogen-bond donors (Lipinski definition) is 1. The second-order valence-electron chi connectivity index (χ2n) is 3.92. The minimum Gasteiger partial charge on any atom is -0.485 e. The molecule has 0 spiro atoms. The number of para-hydroxylation sites is 1. The lowest BCUT2D eigenvalue weighted by Gasteiger charge is -2.11. The van der Waals surface area contributed by atoms with E-state index in [1.807, 2.05) is 0 Å². The van der Waals surface area contributed by atoms with Crippen LogP contribution in [0.25, 0.3) is 0 Å². The number of aromatic carboxylic acids is 1. The Morgan fingerprint density at radius 2 is 1.90 bits per heavy atom. The molecule has 0 aromatic heterocycles. The molecule has 104 valence electrons. The Morgan fingerprint density at radius 1 is 1.20 bits per heavy atom. The van der Waals surface area contributed by atoms with Crippen LogP contribution in [0, 0.1) is 11.6 Å². The Morgan fingerprint density at radius 3 is 2.60 bits per heavy atom. The van der Waals surface area contributed by atoms with E-state index in [1.54, 1.807) is 0 Å². The van der Waals surface area contributed by atoms with Crippen molar-refractivity contribution in [1.29, 1.82) is 0 Å². The molecule has 0 saturated heterocycles. The Bertz CT molecular complexity index is 659. The van der Waals surface area contributed by atoms with Crippen molar-refractivity contribution in [2.24, 2.45) is 0 Å². The maximum atomic E-state index is 13.6. The van der Waals surface area contributed by atoms with Crippen molar-refractivity contribution in [3.05, 3.63) is 64.2 Å². The van der Waals surface area contributed by atoms with Gasteiger partial charge in [-0.2, -0.15) is 0 Å². The van der Waals surface area contributed by atoms with E-state index in [2.05, 4.69) is 0 Å². The van der Waals surface area contributed by atoms with E-state index < -0.39 is 23.4 Å². The summed E-state index contributed by atoms with van der Waals surface area (Å²) >= 11 is 5.61. The summed E-state index contributed by atoms with van der Waals surface area (Å²) in [4.78, 5) is 11.0. The van der Waals surface area contributed by atoms with Crippen molar-refractivity contribution in [2.45, 2.75) is 6.61 Å². The molecule has 6 heteroatoms. The van der Waals surface area contributed by atoms with E-state index in [0.717, 1.165) is 6.07 Å². The molecule has 2 aromatic rings. The predicted octanol–water partition coefficient (Wildman–Crippen LogP) is 3.90. The van der Waals surface area contributed by atoms with Crippen LogP contribution in [0.15, 0.2) is 36.4 Å². The van der Waals surface area contributed by atoms with Gasteiger partial charge in [-0.25, -0.2) is 13.6 Å². The highest BCUT2D eigenvalue weighted by molar-refractivity contribution is 6.30. The number of carboxylic acid groups (broad SMARTS) is 1. The molecule has 0 aliphatic rings. The smallest absolute Gasteiger partial charge is 0.339 e. The fourth-order valence-electron chi connectivity index (χ4n) is 1.63. The molecule has 0 aliphatic heterocycles. The van der Waals surface area contributed by atoms with Crippen molar-refractivity contribution < 1.29 is 23.4 Å². The van der Waals surface area contributed by atoms with E-state index in [-0.39, 0.29) is 22.8 Å². The van der Waals surface area contributed by atoms with Gasteiger partial charge >= 0.3 is 5.97 Å². The van der Waals surface area contributed by atoms with Gasteiger partial charge in [0, 0.05) is 5.56 Å². The van der Waals surface area contributed by atoms with Crippen LogP contribution in [0.1, 0.15) is 15.9 Å². The average Bonchev–Trinajstić information content (AvgIpc) is 2.41. The Hall–Kier alpha value is -2.14. The third-order valence-corrected chi connectivity index (χ3v) is 2.89. The van der Waals surface area contributed by atoms with Crippen molar-refractivity contribution in [3.8, 4) is 5.75 Å². The number of carbonyl (C=O) groups is 1. The molecule has 2 rings (SSSR count). The van der Waals surface area contributed by atoms with E-state index in [9.17, 15) is 13.6 Å². The molecule has 0 bridgehead atoms. The largest absolute Gasteiger partial charge is 0.485 e. The standard InChI is InChI=1S/C14H9ClF2O3/c15-10-5-1-3-8(12(10)17)7-20-13-9(14(18)19)4-2-6-11(13)16/h1-6H,7H2,(H,18,19). The lowest BCUT2D eigenvalue weighted by molar-refractivity contribution is 0.0690. The molecule has 3 nitrogen and oxygen atoms in total. The zero-order valence-corrected chi connectivity index (χ0v) is 10.8. The van der Waals surface area contributed by atoms with Crippen molar-refractivity contribution in [3.63, 3.8) is 0 Å². The topological polar surface area (TPSA) is 46.5 Å². The van der Waals surface area contributed by atoms with Crippen LogP contribution >= 0.6 is 11.6 Å². The quantitative estimate of drug-likeness (QED) is 0.931. The summed E-state index contributed by atoms with van der Waals surface area (Å²) in [6.45, 7) is -0.326. The Kier molecular flexibility index (Phi) is 4.20. The molecule has 0 fully saturated rings. The lowest BCUT2D eigenvalue weighted by Crippen LogP contribution is -2.06. The fraction of sp³-hybridized carbons (Fsp3) is 0.0714. The maximum absolute atomic E-state index is 13.6. The zero-order valence-electron chi connectivity index (χ0n) is 10.1. The SMILES string of the molecule is O=C(O)c1cccc(F)c1OCc1cccc(Cl)c1F. The molecule has 0 saturated carbocycles. The molecule has 0 aliphatic carbocycles. The summed E-state index contributed by atoms with van der Waals surface area (Å²) in [6.07, 6.45) is 0. The Labute approximate surface area is 118 Å². The number of carboxylic acids is 1. The van der Waals surface area contributed by atoms with Crippen LogP contribution in [0.5, 0.6) is 5.75 Å². The predicted molar refractivity (Wildman–Crippen MR) is 69.1 cm³/mol. The van der Waals surface area contributed by atoms with Crippen molar-refractivity contribution >= 4 is 17.6 Å². The molecule has 20 heavy (non-hydrogen) atoms. The number of rotatable bonds is 4. The van der Waals surface area contributed by atoms with Gasteiger partial charge in [-0.1, -0.05) is 29.8 Å². The molecule has 0 unspecified atom stereocenters. The van der Waals surface area contributed by atoms with E-state index in [1.165, 1.54) is 30.3 Å². The molecule has 0 amide bonds. The molecule has 0 heterocycles. The van der Waals surface area contributed by atoms with Crippen LogP contribution in [0.2, 0.25) is 5.02 Å². The minimum atomic E-state index is -1.33. The summed E-state index contributed by atoms with van der Waals surface area (Å²) in [5.74, 6) is -3.26. The minimum absolute atomic E-state index is 0.0851. The van der Waals surface area contributed by atoms with Gasteiger partial charge in [-0.15, -0.1) is 0 Å². The summed E-state index contributed by atoms with van der Waals surface area (Å²) in [5.41, 5.74) is -0.218. The van der Waals surface area contributed by atoms with Crippen LogP contribution in [-0.4, -0.2) is 11.1 Å². The van der Waals surface area contributed by atoms with Gasteiger partial charge in [0.15, 0.2) is 11.6 Å². The number of hydrogen-bond acceptors (Lipinski definition) is 2. The van der Waals surface area contributed by atoms with Crippen molar-refractivity contribution in [2.75, 3.05) is 0 Å². The monoisotopic (exact) mass is 298 g/mol.